The van der Waals surface area contributed by atoms with Crippen molar-refractivity contribution in [3.63, 3.8) is 0 Å². The summed E-state index contributed by atoms with van der Waals surface area (Å²) >= 11 is 5.98. The number of carbonyl (C=O) groups is 2. The Morgan fingerprint density at radius 2 is 1.83 bits per heavy atom. The van der Waals surface area contributed by atoms with Crippen LogP contribution in [0.15, 0.2) is 66.7 Å². The van der Waals surface area contributed by atoms with E-state index in [-0.39, 0.29) is 24.5 Å². The van der Waals surface area contributed by atoms with Gasteiger partial charge in [-0.25, -0.2) is 0 Å². The Balaban J connectivity index is 1.35. The van der Waals surface area contributed by atoms with Gasteiger partial charge in [0.15, 0.2) is 11.5 Å². The molecule has 8 heteroatoms. The van der Waals surface area contributed by atoms with E-state index >= 15 is 0 Å². The number of ether oxygens (including phenoxy) is 3. The number of nitrogens with one attached hydrogen (secondary N) is 1. The molecule has 1 fully saturated rings. The smallest absolute Gasteiger partial charge is 0.253 e. The Morgan fingerprint density at radius 1 is 1.03 bits per heavy atom. The average molecular weight is 493 g/mol. The monoisotopic (exact) mass is 492 g/mol. The molecule has 0 aromatic heterocycles. The number of hydrogen-bond acceptors (Lipinski definition) is 5. The summed E-state index contributed by atoms with van der Waals surface area (Å²) in [5, 5.41) is 3.61. The van der Waals surface area contributed by atoms with Crippen molar-refractivity contribution in [1.29, 1.82) is 0 Å². The van der Waals surface area contributed by atoms with Gasteiger partial charge in [0.1, 0.15) is 5.75 Å². The summed E-state index contributed by atoms with van der Waals surface area (Å²) in [6.07, 6.45) is 0. The van der Waals surface area contributed by atoms with Crippen molar-refractivity contribution in [2.75, 3.05) is 27.0 Å². The molecular weight excluding hydrogens is 468 g/mol. The first kappa shape index (κ1) is 23.1. The summed E-state index contributed by atoms with van der Waals surface area (Å²) < 4.78 is 16.2. The molecule has 0 bridgehead atoms. The van der Waals surface area contributed by atoms with E-state index in [9.17, 15) is 9.59 Å². The zero-order chi connectivity index (χ0) is 24.4. The van der Waals surface area contributed by atoms with Crippen LogP contribution < -0.4 is 19.5 Å². The lowest BCUT2D eigenvalue weighted by atomic mass is 9.88. The maximum absolute atomic E-state index is 13.4. The molecule has 2 aliphatic rings. The van der Waals surface area contributed by atoms with Crippen molar-refractivity contribution < 1.29 is 23.8 Å². The van der Waals surface area contributed by atoms with Crippen LogP contribution in [0.5, 0.6) is 17.2 Å². The second-order valence-corrected chi connectivity index (χ2v) is 9.05. The van der Waals surface area contributed by atoms with Gasteiger partial charge in [0.05, 0.1) is 13.0 Å². The molecule has 0 aliphatic carbocycles. The number of nitrogens with zero attached hydrogens (tertiary/aromatic N) is 1. The Hall–Kier alpha value is -3.71. The molecule has 1 saturated heterocycles. The molecule has 180 valence electrons. The van der Waals surface area contributed by atoms with E-state index in [0.717, 1.165) is 11.1 Å². The first-order valence-corrected chi connectivity index (χ1v) is 11.7. The van der Waals surface area contributed by atoms with E-state index in [1.165, 1.54) is 0 Å². The zero-order valence-corrected chi connectivity index (χ0v) is 20.0. The summed E-state index contributed by atoms with van der Waals surface area (Å²) in [5.41, 5.74) is 2.41. The topological polar surface area (TPSA) is 77.1 Å². The van der Waals surface area contributed by atoms with E-state index < -0.39 is 5.92 Å². The standard InChI is InChI=1S/C27H25ClN2O5/c1-33-21-4-2-3-19(12-21)22-14-30(27(32)18-6-8-20(28)9-7-18)15-23(22)26(31)29-13-17-5-10-24-25(11-17)35-16-34-24/h2-12,22-23H,13-16H2,1H3,(H,29,31)/t22-,23+/m0/s1. The van der Waals surface area contributed by atoms with Crippen LogP contribution >= 0.6 is 11.6 Å². The maximum Gasteiger partial charge on any atom is 0.253 e. The highest BCUT2D eigenvalue weighted by Crippen LogP contribution is 2.36. The minimum absolute atomic E-state index is 0.109. The van der Waals surface area contributed by atoms with Gasteiger partial charge in [0, 0.05) is 36.1 Å². The molecule has 2 atom stereocenters. The van der Waals surface area contributed by atoms with E-state index in [4.69, 9.17) is 25.8 Å². The third-order valence-electron chi connectivity index (χ3n) is 6.46. The van der Waals surface area contributed by atoms with Gasteiger partial charge in [-0.15, -0.1) is 0 Å². The third kappa shape index (κ3) is 4.91. The number of halogens is 1. The van der Waals surface area contributed by atoms with Crippen molar-refractivity contribution in [3.8, 4) is 17.2 Å². The van der Waals surface area contributed by atoms with E-state index in [0.29, 0.717) is 47.5 Å². The number of likely N-dealkylation sites (tertiary alicyclic amines) is 1. The van der Waals surface area contributed by atoms with Crippen LogP contribution in [0.2, 0.25) is 5.02 Å². The molecule has 2 amide bonds. The molecule has 3 aromatic rings. The number of hydrogen-bond donors (Lipinski definition) is 1. The highest BCUT2D eigenvalue weighted by atomic mass is 35.5. The molecule has 3 aromatic carbocycles. The number of fused-ring (bicyclic) bond motifs is 1. The summed E-state index contributed by atoms with van der Waals surface area (Å²) in [7, 11) is 1.61. The van der Waals surface area contributed by atoms with Crippen molar-refractivity contribution in [2.45, 2.75) is 12.5 Å². The van der Waals surface area contributed by atoms with Gasteiger partial charge in [-0.05, 0) is 59.7 Å². The van der Waals surface area contributed by atoms with Crippen molar-refractivity contribution in [2.24, 2.45) is 5.92 Å². The summed E-state index contributed by atoms with van der Waals surface area (Å²) in [6.45, 7) is 1.29. The number of rotatable bonds is 6. The molecule has 0 unspecified atom stereocenters. The van der Waals surface area contributed by atoms with E-state index in [1.807, 2.05) is 42.5 Å². The van der Waals surface area contributed by atoms with Gasteiger partial charge in [-0.2, -0.15) is 0 Å². The molecule has 2 aliphatic heterocycles. The first-order valence-electron chi connectivity index (χ1n) is 11.4. The molecule has 0 radical (unpaired) electrons. The SMILES string of the molecule is COc1cccc([C@@H]2CN(C(=O)c3ccc(Cl)cc3)C[C@H]2C(=O)NCc2ccc3c(c2)OCO3)c1. The predicted octanol–water partition coefficient (Wildman–Crippen LogP) is 4.25. The van der Waals surface area contributed by atoms with Crippen LogP contribution in [-0.4, -0.2) is 43.7 Å². The average Bonchev–Trinajstić information content (AvgIpc) is 3.54. The number of amides is 2. The minimum Gasteiger partial charge on any atom is -0.497 e. The maximum atomic E-state index is 13.4. The summed E-state index contributed by atoms with van der Waals surface area (Å²) in [4.78, 5) is 28.3. The van der Waals surface area contributed by atoms with Gasteiger partial charge in [0.25, 0.3) is 5.91 Å². The van der Waals surface area contributed by atoms with E-state index in [1.54, 1.807) is 36.3 Å². The first-order chi connectivity index (χ1) is 17.0. The van der Waals surface area contributed by atoms with Crippen LogP contribution in [-0.2, 0) is 11.3 Å². The van der Waals surface area contributed by atoms with Crippen LogP contribution in [0.3, 0.4) is 0 Å². The fourth-order valence-corrected chi connectivity index (χ4v) is 4.72. The third-order valence-corrected chi connectivity index (χ3v) is 6.71. The highest BCUT2D eigenvalue weighted by molar-refractivity contribution is 6.30. The molecule has 0 saturated carbocycles. The van der Waals surface area contributed by atoms with E-state index in [2.05, 4.69) is 5.32 Å². The Bertz CT molecular complexity index is 1250. The van der Waals surface area contributed by atoms with Crippen LogP contribution in [0.1, 0.15) is 27.4 Å². The number of carbonyl (C=O) groups excluding carboxylic acids is 2. The van der Waals surface area contributed by atoms with Crippen LogP contribution in [0.25, 0.3) is 0 Å². The number of benzene rings is 3. The summed E-state index contributed by atoms with van der Waals surface area (Å²) in [6, 6.07) is 20.1. The fourth-order valence-electron chi connectivity index (χ4n) is 4.59. The normalized spacial score (nSPS) is 18.4. The lowest BCUT2D eigenvalue weighted by Crippen LogP contribution is -2.35. The lowest BCUT2D eigenvalue weighted by Gasteiger charge is -2.19. The van der Waals surface area contributed by atoms with Crippen molar-refractivity contribution in [1.82, 2.24) is 10.2 Å². The molecule has 0 spiro atoms. The molecule has 2 heterocycles. The van der Waals surface area contributed by atoms with Gasteiger partial charge in [-0.1, -0.05) is 29.8 Å². The number of methoxy groups -OCH3 is 1. The molecular formula is C27H25ClN2O5. The molecule has 1 N–H and O–H groups in total. The highest BCUT2D eigenvalue weighted by Gasteiger charge is 2.40. The van der Waals surface area contributed by atoms with Gasteiger partial charge < -0.3 is 24.4 Å². The molecule has 5 rings (SSSR count). The van der Waals surface area contributed by atoms with Gasteiger partial charge in [0.2, 0.25) is 12.7 Å². The quantitative estimate of drug-likeness (QED) is 0.556. The molecule has 7 nitrogen and oxygen atoms in total. The largest absolute Gasteiger partial charge is 0.497 e. The van der Waals surface area contributed by atoms with Gasteiger partial charge in [-0.3, -0.25) is 9.59 Å². The zero-order valence-electron chi connectivity index (χ0n) is 19.2. The summed E-state index contributed by atoms with van der Waals surface area (Å²) in [5.74, 6) is 1.27. The van der Waals surface area contributed by atoms with Crippen LogP contribution in [0.4, 0.5) is 0 Å². The van der Waals surface area contributed by atoms with Crippen molar-refractivity contribution in [3.05, 3.63) is 88.4 Å². The lowest BCUT2D eigenvalue weighted by molar-refractivity contribution is -0.125. The fraction of sp³-hybridized carbons (Fsp3) is 0.259. The Labute approximate surface area is 208 Å². The van der Waals surface area contributed by atoms with Crippen LogP contribution in [0, 0.1) is 5.92 Å². The van der Waals surface area contributed by atoms with Crippen molar-refractivity contribution >= 4 is 23.4 Å². The second kappa shape index (κ2) is 9.88. The minimum atomic E-state index is -0.410. The van der Waals surface area contributed by atoms with Gasteiger partial charge >= 0.3 is 0 Å². The Kier molecular flexibility index (Phi) is 6.51. The second-order valence-electron chi connectivity index (χ2n) is 8.61. The Morgan fingerprint density at radius 3 is 2.63 bits per heavy atom. The molecule has 35 heavy (non-hydrogen) atoms. The predicted molar refractivity (Wildman–Crippen MR) is 131 cm³/mol.